The Morgan fingerprint density at radius 1 is 1.67 bits per heavy atom. The Bertz CT molecular complexity index is 32.9. The molecule has 6 heavy (non-hydrogen) atoms. The summed E-state index contributed by atoms with van der Waals surface area (Å²) in [7, 11) is 0. The second-order valence-electron chi connectivity index (χ2n) is 1.07. The first-order valence-corrected chi connectivity index (χ1v) is 3.53. The quantitative estimate of drug-likeness (QED) is 0.368. The Morgan fingerprint density at radius 2 is 2.33 bits per heavy atom. The second-order valence-corrected chi connectivity index (χ2v) is 2.15. The van der Waals surface area contributed by atoms with Gasteiger partial charge in [-0.1, -0.05) is 35.2 Å². The third kappa shape index (κ3) is 4.47. The minimum Gasteiger partial charge on any atom is -0.0864 e. The van der Waals surface area contributed by atoms with E-state index in [4.69, 9.17) is 6.58 Å². The van der Waals surface area contributed by atoms with Crippen LogP contribution in [0.4, 0.5) is 0 Å². The van der Waals surface area contributed by atoms with Crippen LogP contribution in [0.5, 0.6) is 0 Å². The average Bonchev–Trinajstić information content (AvgIpc) is 1.61. The molecule has 0 N–H and O–H groups in total. The summed E-state index contributed by atoms with van der Waals surface area (Å²) in [5, 5.41) is 0. The van der Waals surface area contributed by atoms with Crippen molar-refractivity contribution in [3.05, 3.63) is 12.7 Å². The first-order valence-electron chi connectivity index (χ1n) is 2.01. The molecule has 0 heterocycles. The molecule has 0 bridgehead atoms. The van der Waals surface area contributed by atoms with E-state index in [-0.39, 0.29) is 0 Å². The minimum atomic E-state index is 1.06. The molecule has 0 saturated heterocycles. The summed E-state index contributed by atoms with van der Waals surface area (Å²) in [5.74, 6) is 0. The standard InChI is InChI=1S/C5H8I/c1-2-3-4-5-6/h1-2H,3-5H2. The van der Waals surface area contributed by atoms with Gasteiger partial charge in [-0.15, -0.1) is 0 Å². The summed E-state index contributed by atoms with van der Waals surface area (Å²) in [6, 6.07) is 0. The molecule has 0 unspecified atom stereocenters. The molecule has 0 atom stereocenters. The molecule has 0 nitrogen and oxygen atoms in total. The third-order valence-corrected chi connectivity index (χ3v) is 1.27. The van der Waals surface area contributed by atoms with Crippen molar-refractivity contribution in [3.63, 3.8) is 0 Å². The summed E-state index contributed by atoms with van der Waals surface area (Å²) in [6.45, 7) is 5.09. The smallest absolute Gasteiger partial charge is 0.000178 e. The number of alkyl halides is 1. The van der Waals surface area contributed by atoms with E-state index in [1.807, 2.05) is 0 Å². The molecule has 0 fully saturated rings. The molecule has 0 aromatic heterocycles. The summed E-state index contributed by atoms with van der Waals surface area (Å²) < 4.78 is 1.21. The maximum absolute atomic E-state index is 5.09. The van der Waals surface area contributed by atoms with Gasteiger partial charge < -0.3 is 0 Å². The third-order valence-electron chi connectivity index (χ3n) is 0.504. The minimum absolute atomic E-state index is 1.06. The lowest BCUT2D eigenvalue weighted by Crippen LogP contribution is -1.66. The van der Waals surface area contributed by atoms with Gasteiger partial charge in [0.15, 0.2) is 0 Å². The maximum atomic E-state index is 5.09. The van der Waals surface area contributed by atoms with Crippen LogP contribution in [0.25, 0.3) is 0 Å². The highest BCUT2D eigenvalue weighted by atomic mass is 127. The number of allylic oxidation sites excluding steroid dienone is 1. The number of hydrogen-bond donors (Lipinski definition) is 0. The van der Waals surface area contributed by atoms with Crippen LogP contribution in [0.2, 0.25) is 0 Å². The number of halogens is 1. The molecular weight excluding hydrogens is 187 g/mol. The van der Waals surface area contributed by atoms with E-state index in [0.29, 0.717) is 0 Å². The van der Waals surface area contributed by atoms with Gasteiger partial charge in [-0.3, -0.25) is 0 Å². The molecule has 0 aliphatic rings. The summed E-state index contributed by atoms with van der Waals surface area (Å²) in [6.07, 6.45) is 3.98. The van der Waals surface area contributed by atoms with E-state index in [2.05, 4.69) is 22.6 Å². The highest BCUT2D eigenvalue weighted by molar-refractivity contribution is 14.1. The maximum Gasteiger partial charge on any atom is -0.000178 e. The monoisotopic (exact) mass is 195 g/mol. The fourth-order valence-corrected chi connectivity index (χ4v) is 0.635. The van der Waals surface area contributed by atoms with Gasteiger partial charge in [0.1, 0.15) is 0 Å². The predicted molar refractivity (Wildman–Crippen MR) is 37.0 cm³/mol. The number of rotatable bonds is 3. The van der Waals surface area contributed by atoms with Gasteiger partial charge in [0, 0.05) is 0 Å². The molecule has 0 saturated carbocycles. The highest BCUT2D eigenvalue weighted by Gasteiger charge is 1.72. The predicted octanol–water partition coefficient (Wildman–Crippen LogP) is 2.19. The van der Waals surface area contributed by atoms with Gasteiger partial charge in [-0.25, -0.2) is 0 Å². The summed E-state index contributed by atoms with van der Waals surface area (Å²) >= 11 is 2.34. The largest absolute Gasteiger partial charge is 0.0864 e. The fourth-order valence-electron chi connectivity index (χ4n) is 0.195. The van der Waals surface area contributed by atoms with Gasteiger partial charge >= 0.3 is 0 Å². The molecule has 0 aromatic carbocycles. The van der Waals surface area contributed by atoms with Crippen LogP contribution in [0.1, 0.15) is 12.8 Å². The van der Waals surface area contributed by atoms with Crippen molar-refractivity contribution < 1.29 is 0 Å². The summed E-state index contributed by atoms with van der Waals surface area (Å²) in [4.78, 5) is 0. The fraction of sp³-hybridized carbons (Fsp3) is 0.600. The Hall–Kier alpha value is 0.470. The average molecular weight is 195 g/mol. The van der Waals surface area contributed by atoms with Crippen LogP contribution in [0, 0.1) is 6.58 Å². The van der Waals surface area contributed by atoms with Crippen LogP contribution < -0.4 is 0 Å². The van der Waals surface area contributed by atoms with Crippen molar-refractivity contribution in [2.45, 2.75) is 12.8 Å². The van der Waals surface area contributed by atoms with Crippen LogP contribution in [-0.2, 0) is 0 Å². The zero-order chi connectivity index (χ0) is 4.83. The lowest BCUT2D eigenvalue weighted by atomic mass is 10.3. The van der Waals surface area contributed by atoms with E-state index >= 15 is 0 Å². The molecule has 0 aliphatic heterocycles. The van der Waals surface area contributed by atoms with Crippen molar-refractivity contribution >= 4 is 22.6 Å². The number of unbranched alkanes of at least 4 members (excludes halogenated alkanes) is 1. The zero-order valence-corrected chi connectivity index (χ0v) is 5.81. The zero-order valence-electron chi connectivity index (χ0n) is 3.65. The SMILES string of the molecule is [CH]=CCCCI. The first-order chi connectivity index (χ1) is 2.91. The molecule has 0 amide bonds. The molecule has 0 rings (SSSR count). The molecule has 1 heteroatoms. The van der Waals surface area contributed by atoms with E-state index in [9.17, 15) is 0 Å². The van der Waals surface area contributed by atoms with Crippen LogP contribution in [-0.4, -0.2) is 4.43 Å². The molecule has 35 valence electrons. The number of hydrogen-bond acceptors (Lipinski definition) is 0. The van der Waals surface area contributed by atoms with Crippen molar-refractivity contribution in [3.8, 4) is 0 Å². The van der Waals surface area contributed by atoms with Gasteiger partial charge in [-0.05, 0) is 17.3 Å². The highest BCUT2D eigenvalue weighted by Crippen LogP contribution is 1.92. The van der Waals surface area contributed by atoms with E-state index in [0.717, 1.165) is 6.42 Å². The van der Waals surface area contributed by atoms with Crippen molar-refractivity contribution in [2.75, 3.05) is 4.43 Å². The van der Waals surface area contributed by atoms with E-state index < -0.39 is 0 Å². The van der Waals surface area contributed by atoms with Crippen molar-refractivity contribution in [1.29, 1.82) is 0 Å². The van der Waals surface area contributed by atoms with Gasteiger partial charge in [0.2, 0.25) is 0 Å². The molecule has 1 radical (unpaired) electrons. The van der Waals surface area contributed by atoms with Crippen molar-refractivity contribution in [2.24, 2.45) is 0 Å². The molecule has 0 aliphatic carbocycles. The molecule has 0 spiro atoms. The van der Waals surface area contributed by atoms with Gasteiger partial charge in [-0.2, -0.15) is 0 Å². The van der Waals surface area contributed by atoms with Crippen molar-refractivity contribution in [1.82, 2.24) is 0 Å². The van der Waals surface area contributed by atoms with Gasteiger partial charge in [0.05, 0.1) is 0 Å². The Kier molecular flexibility index (Phi) is 5.90. The molecular formula is C5H8I. The Morgan fingerprint density at radius 3 is 2.50 bits per heavy atom. The Balaban J connectivity index is 2.49. The Labute approximate surface area is 52.8 Å². The first kappa shape index (κ1) is 6.47. The molecule has 0 aromatic rings. The van der Waals surface area contributed by atoms with Crippen LogP contribution in [0.3, 0.4) is 0 Å². The van der Waals surface area contributed by atoms with Crippen LogP contribution >= 0.6 is 22.6 Å². The van der Waals surface area contributed by atoms with Crippen LogP contribution in [0.15, 0.2) is 6.08 Å². The topological polar surface area (TPSA) is 0 Å². The normalized spacial score (nSPS) is 8.17. The summed E-state index contributed by atoms with van der Waals surface area (Å²) in [5.41, 5.74) is 0. The van der Waals surface area contributed by atoms with E-state index in [1.54, 1.807) is 6.08 Å². The van der Waals surface area contributed by atoms with E-state index in [1.165, 1.54) is 10.8 Å². The lowest BCUT2D eigenvalue weighted by molar-refractivity contribution is 0.988. The van der Waals surface area contributed by atoms with Gasteiger partial charge in [0.25, 0.3) is 0 Å². The lowest BCUT2D eigenvalue weighted by Gasteiger charge is -1.80. The second kappa shape index (κ2) is 5.47.